The van der Waals surface area contributed by atoms with Crippen molar-refractivity contribution in [3.05, 3.63) is 29.3 Å². The number of halogens is 2. The Morgan fingerprint density at radius 1 is 1.26 bits per heavy atom. The lowest BCUT2D eigenvalue weighted by atomic mass is 10.1. The molecule has 0 bridgehead atoms. The maximum atomic E-state index is 11.9. The molecule has 0 spiro atoms. The van der Waals surface area contributed by atoms with Gasteiger partial charge in [-0.25, -0.2) is 0 Å². The second-order valence-electron chi connectivity index (χ2n) is 5.38. The van der Waals surface area contributed by atoms with E-state index in [1.807, 2.05) is 30.9 Å². The molecule has 1 aliphatic heterocycles. The summed E-state index contributed by atoms with van der Waals surface area (Å²) in [4.78, 5) is 14.4. The first-order chi connectivity index (χ1) is 10.2. The van der Waals surface area contributed by atoms with Gasteiger partial charge in [0.15, 0.2) is 0 Å². The third-order valence-corrected chi connectivity index (χ3v) is 4.76. The van der Waals surface area contributed by atoms with Gasteiger partial charge in [0.2, 0.25) is 5.91 Å². The van der Waals surface area contributed by atoms with Gasteiger partial charge in [0.1, 0.15) is 0 Å². The van der Waals surface area contributed by atoms with Gasteiger partial charge in [-0.3, -0.25) is 9.69 Å². The quantitative estimate of drug-likeness (QED) is 0.797. The fourth-order valence-electron chi connectivity index (χ4n) is 2.44. The Morgan fingerprint density at radius 3 is 2.61 bits per heavy atom. The second-order valence-corrected chi connectivity index (χ2v) is 6.60. The molecule has 23 heavy (non-hydrogen) atoms. The van der Waals surface area contributed by atoms with E-state index in [9.17, 15) is 4.79 Å². The second kappa shape index (κ2) is 12.0. The summed E-state index contributed by atoms with van der Waals surface area (Å²) >= 11 is 2.03. The molecule has 0 saturated carbocycles. The molecule has 1 aromatic carbocycles. The van der Waals surface area contributed by atoms with E-state index in [0.717, 1.165) is 25.3 Å². The van der Waals surface area contributed by atoms with Crippen molar-refractivity contribution >= 4 is 48.2 Å². The number of amides is 1. The van der Waals surface area contributed by atoms with Crippen LogP contribution in [0, 0.1) is 6.92 Å². The fourth-order valence-corrected chi connectivity index (χ4v) is 3.42. The molecule has 0 aromatic heterocycles. The minimum atomic E-state index is 0. The molecule has 1 saturated heterocycles. The highest BCUT2D eigenvalue weighted by Crippen LogP contribution is 2.22. The van der Waals surface area contributed by atoms with Gasteiger partial charge in [-0.1, -0.05) is 12.1 Å². The summed E-state index contributed by atoms with van der Waals surface area (Å²) in [6.45, 7) is 6.09. The predicted molar refractivity (Wildman–Crippen MR) is 105 cm³/mol. The predicted octanol–water partition coefficient (Wildman–Crippen LogP) is 2.94. The van der Waals surface area contributed by atoms with Crippen LogP contribution in [0.3, 0.4) is 0 Å². The first-order valence-corrected chi connectivity index (χ1v) is 8.69. The number of rotatable bonds is 6. The third kappa shape index (κ3) is 7.31. The van der Waals surface area contributed by atoms with E-state index in [4.69, 9.17) is 0 Å². The van der Waals surface area contributed by atoms with Gasteiger partial charge < -0.3 is 10.6 Å². The number of anilines is 1. The van der Waals surface area contributed by atoms with E-state index >= 15 is 0 Å². The lowest BCUT2D eigenvalue weighted by Crippen LogP contribution is -2.32. The monoisotopic (exact) mass is 379 g/mol. The van der Waals surface area contributed by atoms with Gasteiger partial charge in [0, 0.05) is 49.8 Å². The first kappa shape index (κ1) is 22.5. The molecule has 1 aliphatic rings. The molecule has 0 atom stereocenters. The number of hydrogen-bond donors (Lipinski definition) is 2. The summed E-state index contributed by atoms with van der Waals surface area (Å²) in [5, 5.41) is 6.02. The van der Waals surface area contributed by atoms with E-state index < -0.39 is 0 Å². The Kier molecular flexibility index (Phi) is 11.7. The number of carbonyl (C=O) groups is 1. The zero-order valence-electron chi connectivity index (χ0n) is 13.8. The van der Waals surface area contributed by atoms with Crippen LogP contribution < -0.4 is 10.6 Å². The van der Waals surface area contributed by atoms with Gasteiger partial charge in [0.25, 0.3) is 0 Å². The largest absolute Gasteiger partial charge is 0.326 e. The molecule has 1 amide bonds. The van der Waals surface area contributed by atoms with E-state index in [2.05, 4.69) is 28.5 Å². The first-order valence-electron chi connectivity index (χ1n) is 7.53. The fraction of sp³-hybridized carbons (Fsp3) is 0.562. The van der Waals surface area contributed by atoms with Crippen molar-refractivity contribution in [3.8, 4) is 0 Å². The maximum Gasteiger partial charge on any atom is 0.225 e. The normalized spacial score (nSPS) is 14.5. The van der Waals surface area contributed by atoms with Crippen LogP contribution in [0.15, 0.2) is 18.2 Å². The van der Waals surface area contributed by atoms with Crippen LogP contribution in [0.5, 0.6) is 0 Å². The van der Waals surface area contributed by atoms with E-state index in [0.29, 0.717) is 13.0 Å². The molecule has 0 radical (unpaired) electrons. The number of nitrogens with zero attached hydrogens (tertiary/aromatic N) is 1. The van der Waals surface area contributed by atoms with Gasteiger partial charge in [0.05, 0.1) is 0 Å². The molecule has 1 aromatic rings. The molecule has 1 heterocycles. The number of carbonyl (C=O) groups excluding carboxylic acids is 1. The molecule has 0 unspecified atom stereocenters. The van der Waals surface area contributed by atoms with Crippen LogP contribution in [-0.2, 0) is 11.3 Å². The average Bonchev–Trinajstić information content (AvgIpc) is 2.50. The SMILES string of the molecule is CNCCC(=O)Nc1cccc(CN2CCSCC2)c1C.Cl.Cl. The summed E-state index contributed by atoms with van der Waals surface area (Å²) in [6.07, 6.45) is 0.503. The summed E-state index contributed by atoms with van der Waals surface area (Å²) in [5.74, 6) is 2.51. The highest BCUT2D eigenvalue weighted by Gasteiger charge is 2.13. The van der Waals surface area contributed by atoms with Crippen molar-refractivity contribution in [1.82, 2.24) is 10.2 Å². The lowest BCUT2D eigenvalue weighted by molar-refractivity contribution is -0.116. The zero-order chi connectivity index (χ0) is 15.1. The standard InChI is InChI=1S/C16H25N3OS.2ClH/c1-13-14(12-19-8-10-21-11-9-19)4-3-5-15(13)18-16(20)6-7-17-2;;/h3-5,17H,6-12H2,1-2H3,(H,18,20);2*1H. The Hall–Kier alpha value is -0.460. The molecule has 7 heteroatoms. The van der Waals surface area contributed by atoms with E-state index in [1.54, 1.807) is 0 Å². The van der Waals surface area contributed by atoms with Gasteiger partial charge in [-0.15, -0.1) is 24.8 Å². The molecule has 2 N–H and O–H groups in total. The van der Waals surface area contributed by atoms with Gasteiger partial charge in [-0.05, 0) is 31.2 Å². The zero-order valence-corrected chi connectivity index (χ0v) is 16.2. The van der Waals surface area contributed by atoms with Crippen molar-refractivity contribution in [2.75, 3.05) is 43.5 Å². The van der Waals surface area contributed by atoms with Crippen LogP contribution in [0.25, 0.3) is 0 Å². The van der Waals surface area contributed by atoms with Crippen LogP contribution in [0.4, 0.5) is 5.69 Å². The molecule has 0 aliphatic carbocycles. The lowest BCUT2D eigenvalue weighted by Gasteiger charge is -2.27. The molecule has 1 fully saturated rings. The van der Waals surface area contributed by atoms with E-state index in [-0.39, 0.29) is 30.7 Å². The number of hydrogen-bond acceptors (Lipinski definition) is 4. The summed E-state index contributed by atoms with van der Waals surface area (Å²) in [6, 6.07) is 6.19. The van der Waals surface area contributed by atoms with Crippen molar-refractivity contribution in [3.63, 3.8) is 0 Å². The Balaban J connectivity index is 0.00000242. The Labute approximate surface area is 156 Å². The maximum absolute atomic E-state index is 11.9. The third-order valence-electron chi connectivity index (χ3n) is 3.82. The topological polar surface area (TPSA) is 44.4 Å². The van der Waals surface area contributed by atoms with Crippen LogP contribution >= 0.6 is 36.6 Å². The van der Waals surface area contributed by atoms with Gasteiger partial charge >= 0.3 is 0 Å². The number of benzene rings is 1. The minimum Gasteiger partial charge on any atom is -0.326 e. The number of thioether (sulfide) groups is 1. The number of nitrogens with one attached hydrogen (secondary N) is 2. The Bertz CT molecular complexity index is 482. The van der Waals surface area contributed by atoms with Crippen LogP contribution in [0.2, 0.25) is 0 Å². The molecule has 2 rings (SSSR count). The Morgan fingerprint density at radius 2 is 1.96 bits per heavy atom. The van der Waals surface area contributed by atoms with Crippen molar-refractivity contribution in [2.45, 2.75) is 19.9 Å². The van der Waals surface area contributed by atoms with Crippen LogP contribution in [-0.4, -0.2) is 49.0 Å². The van der Waals surface area contributed by atoms with Crippen LogP contribution in [0.1, 0.15) is 17.5 Å². The van der Waals surface area contributed by atoms with E-state index in [1.165, 1.54) is 22.6 Å². The molecular weight excluding hydrogens is 353 g/mol. The summed E-state index contributed by atoms with van der Waals surface area (Å²) in [7, 11) is 1.86. The van der Waals surface area contributed by atoms with Crippen molar-refractivity contribution < 1.29 is 4.79 Å². The van der Waals surface area contributed by atoms with Crippen molar-refractivity contribution in [2.24, 2.45) is 0 Å². The average molecular weight is 380 g/mol. The molecule has 132 valence electrons. The summed E-state index contributed by atoms with van der Waals surface area (Å²) in [5.41, 5.74) is 3.45. The molecule has 4 nitrogen and oxygen atoms in total. The summed E-state index contributed by atoms with van der Waals surface area (Å²) < 4.78 is 0. The minimum absolute atomic E-state index is 0. The highest BCUT2D eigenvalue weighted by molar-refractivity contribution is 7.99. The smallest absolute Gasteiger partial charge is 0.225 e. The van der Waals surface area contributed by atoms with Gasteiger partial charge in [-0.2, -0.15) is 11.8 Å². The molecular formula is C16H27Cl2N3OS. The highest BCUT2D eigenvalue weighted by atomic mass is 35.5. The van der Waals surface area contributed by atoms with Crippen molar-refractivity contribution in [1.29, 1.82) is 0 Å².